The molecule has 0 aromatic heterocycles. The van der Waals surface area contributed by atoms with Crippen LogP contribution >= 0.6 is 0 Å². The summed E-state index contributed by atoms with van der Waals surface area (Å²) in [5.74, 6) is 2.48. The molecule has 0 radical (unpaired) electrons. The molecule has 30 heavy (non-hydrogen) atoms. The van der Waals surface area contributed by atoms with Crippen LogP contribution in [0.25, 0.3) is 6.08 Å². The van der Waals surface area contributed by atoms with Gasteiger partial charge in [-0.25, -0.2) is 0 Å². The minimum absolute atomic E-state index is 0.191. The van der Waals surface area contributed by atoms with Gasteiger partial charge in [0.05, 0.1) is 0 Å². The highest BCUT2D eigenvalue weighted by atomic mass is 16.3. The predicted molar refractivity (Wildman–Crippen MR) is 124 cm³/mol. The molecule has 3 nitrogen and oxygen atoms in total. The van der Waals surface area contributed by atoms with E-state index in [1.54, 1.807) is 0 Å². The Morgan fingerprint density at radius 2 is 1.90 bits per heavy atom. The van der Waals surface area contributed by atoms with Crippen molar-refractivity contribution < 1.29 is 5.11 Å². The Kier molecular flexibility index (Phi) is 5.06. The number of allylic oxidation sites excluding steroid dienone is 1. The fraction of sp³-hybridized carbons (Fsp3) is 0.407. The Hall–Kier alpha value is -2.68. The minimum atomic E-state index is 0.191. The van der Waals surface area contributed by atoms with E-state index in [4.69, 9.17) is 5.10 Å². The summed E-state index contributed by atoms with van der Waals surface area (Å²) < 4.78 is 0. The molecule has 3 heteroatoms. The zero-order chi connectivity index (χ0) is 20.6. The number of fused-ring (bicyclic) bond motifs is 5. The molecular weight excluding hydrogens is 368 g/mol. The number of hydrogen-bond donors (Lipinski definition) is 1. The Morgan fingerprint density at radius 1 is 1.03 bits per heavy atom. The van der Waals surface area contributed by atoms with Crippen LogP contribution in [0, 0.1) is 17.3 Å². The first-order valence-corrected chi connectivity index (χ1v) is 11.3. The van der Waals surface area contributed by atoms with Crippen molar-refractivity contribution in [2.75, 3.05) is 0 Å². The molecule has 0 amide bonds. The summed E-state index contributed by atoms with van der Waals surface area (Å²) >= 11 is 0. The standard InChI is InChI=1S/C27H30N2O/c1-27-16-15-23-22-12-10-21(30)18-20(22)9-11-24(23)25(27)13-14-26(27)29-28-17-5-8-19-6-3-2-4-7-19/h2-8,10,12,17-18,23-25,30H,9,11,13-16H2,1H3/b8-5+,28-17-,29-26-/t23-,24+,25+,27+/m1/s1. The zero-order valence-electron chi connectivity index (χ0n) is 17.7. The van der Waals surface area contributed by atoms with Crippen LogP contribution in [0.5, 0.6) is 5.75 Å². The number of phenolic OH excluding ortho intramolecular Hbond substituents is 1. The largest absolute Gasteiger partial charge is 0.508 e. The fourth-order valence-electron chi connectivity index (χ4n) is 6.38. The molecule has 0 aliphatic heterocycles. The second kappa shape index (κ2) is 7.86. The predicted octanol–water partition coefficient (Wildman–Crippen LogP) is 6.39. The van der Waals surface area contributed by atoms with Crippen molar-refractivity contribution in [2.45, 2.75) is 51.4 Å². The highest BCUT2D eigenvalue weighted by molar-refractivity contribution is 5.93. The van der Waals surface area contributed by atoms with Gasteiger partial charge in [-0.3, -0.25) is 0 Å². The van der Waals surface area contributed by atoms with E-state index in [0.29, 0.717) is 17.6 Å². The van der Waals surface area contributed by atoms with Gasteiger partial charge in [-0.15, -0.1) is 0 Å². The lowest BCUT2D eigenvalue weighted by molar-refractivity contribution is 0.0955. The highest BCUT2D eigenvalue weighted by Gasteiger charge is 2.53. The average Bonchev–Trinajstić information content (AvgIpc) is 3.10. The number of phenols is 1. The van der Waals surface area contributed by atoms with Crippen LogP contribution in [0.3, 0.4) is 0 Å². The van der Waals surface area contributed by atoms with Crippen molar-refractivity contribution in [3.8, 4) is 5.75 Å². The third-order valence-corrected chi connectivity index (χ3v) is 7.87. The quantitative estimate of drug-likeness (QED) is 0.472. The lowest BCUT2D eigenvalue weighted by Gasteiger charge is -2.49. The zero-order valence-corrected chi connectivity index (χ0v) is 17.7. The third-order valence-electron chi connectivity index (χ3n) is 7.87. The SMILES string of the molecule is C[C@]12CC[C@@H]3c4ccc(O)cc4CC[C@@H]3[C@@H]1CC/C2=N/N=C\C=C\c1ccccc1. The molecule has 2 aromatic rings. The molecule has 2 saturated carbocycles. The van der Waals surface area contributed by atoms with Crippen LogP contribution in [-0.2, 0) is 6.42 Å². The van der Waals surface area contributed by atoms with Crippen molar-refractivity contribution in [1.82, 2.24) is 0 Å². The van der Waals surface area contributed by atoms with Crippen molar-refractivity contribution >= 4 is 18.0 Å². The molecule has 0 bridgehead atoms. The molecule has 1 N–H and O–H groups in total. The van der Waals surface area contributed by atoms with Gasteiger partial charge in [-0.05, 0) is 91.2 Å². The smallest absolute Gasteiger partial charge is 0.115 e. The molecule has 3 aliphatic rings. The topological polar surface area (TPSA) is 45.0 Å². The Labute approximate surface area is 179 Å². The summed E-state index contributed by atoms with van der Waals surface area (Å²) in [6, 6.07) is 16.3. The Balaban J connectivity index is 1.32. The molecule has 2 fully saturated rings. The van der Waals surface area contributed by atoms with Gasteiger partial charge in [0.1, 0.15) is 5.75 Å². The molecular formula is C27H30N2O. The Morgan fingerprint density at radius 3 is 2.77 bits per heavy atom. The van der Waals surface area contributed by atoms with E-state index in [-0.39, 0.29) is 5.41 Å². The van der Waals surface area contributed by atoms with Gasteiger partial charge in [0.15, 0.2) is 0 Å². The van der Waals surface area contributed by atoms with E-state index < -0.39 is 0 Å². The number of aryl methyl sites for hydroxylation is 1. The van der Waals surface area contributed by atoms with E-state index in [9.17, 15) is 5.11 Å². The van der Waals surface area contributed by atoms with E-state index >= 15 is 0 Å². The maximum absolute atomic E-state index is 9.86. The second-order valence-electron chi connectivity index (χ2n) is 9.37. The summed E-state index contributed by atoms with van der Waals surface area (Å²) in [6.45, 7) is 2.43. The lowest BCUT2D eigenvalue weighted by Crippen LogP contribution is -2.42. The highest BCUT2D eigenvalue weighted by Crippen LogP contribution is 2.60. The van der Waals surface area contributed by atoms with E-state index in [0.717, 1.165) is 18.8 Å². The van der Waals surface area contributed by atoms with Crippen molar-refractivity contribution in [3.05, 3.63) is 71.3 Å². The van der Waals surface area contributed by atoms with Crippen LogP contribution < -0.4 is 0 Å². The molecule has 4 atom stereocenters. The van der Waals surface area contributed by atoms with Crippen molar-refractivity contribution in [2.24, 2.45) is 27.5 Å². The van der Waals surface area contributed by atoms with Crippen LogP contribution in [0.1, 0.15) is 61.6 Å². The molecule has 2 aromatic carbocycles. The normalized spacial score (nSPS) is 31.8. The molecule has 5 rings (SSSR count). The maximum atomic E-state index is 9.86. The van der Waals surface area contributed by atoms with Gasteiger partial charge in [-0.2, -0.15) is 10.2 Å². The molecule has 3 aliphatic carbocycles. The van der Waals surface area contributed by atoms with Gasteiger partial charge in [0.2, 0.25) is 0 Å². The van der Waals surface area contributed by atoms with Gasteiger partial charge in [0, 0.05) is 17.3 Å². The molecule has 0 spiro atoms. The van der Waals surface area contributed by atoms with E-state index in [2.05, 4.69) is 36.3 Å². The van der Waals surface area contributed by atoms with Crippen molar-refractivity contribution in [1.29, 1.82) is 0 Å². The fourth-order valence-corrected chi connectivity index (χ4v) is 6.38. The minimum Gasteiger partial charge on any atom is -0.508 e. The first kappa shape index (κ1) is 19.3. The summed E-state index contributed by atoms with van der Waals surface area (Å²) in [4.78, 5) is 0. The van der Waals surface area contributed by atoms with Gasteiger partial charge in [0.25, 0.3) is 0 Å². The van der Waals surface area contributed by atoms with Crippen LogP contribution in [0.15, 0.2) is 64.8 Å². The average molecular weight is 399 g/mol. The summed E-state index contributed by atoms with van der Waals surface area (Å²) in [6.07, 6.45) is 12.9. The molecule has 0 saturated heterocycles. The summed E-state index contributed by atoms with van der Waals surface area (Å²) in [7, 11) is 0. The van der Waals surface area contributed by atoms with Crippen LogP contribution in [0.2, 0.25) is 0 Å². The number of benzene rings is 2. The third kappa shape index (κ3) is 3.40. The second-order valence-corrected chi connectivity index (χ2v) is 9.37. The van der Waals surface area contributed by atoms with E-state index in [1.165, 1.54) is 48.1 Å². The number of rotatable bonds is 3. The monoisotopic (exact) mass is 398 g/mol. The van der Waals surface area contributed by atoms with Gasteiger partial charge in [-0.1, -0.05) is 49.4 Å². The molecule has 154 valence electrons. The van der Waals surface area contributed by atoms with E-state index in [1.807, 2.05) is 42.6 Å². The van der Waals surface area contributed by atoms with Gasteiger partial charge >= 0.3 is 0 Å². The number of hydrogen-bond acceptors (Lipinski definition) is 3. The summed E-state index contributed by atoms with van der Waals surface area (Å²) in [5.41, 5.74) is 5.51. The molecule has 0 heterocycles. The van der Waals surface area contributed by atoms with Crippen LogP contribution in [0.4, 0.5) is 0 Å². The van der Waals surface area contributed by atoms with Crippen molar-refractivity contribution in [3.63, 3.8) is 0 Å². The summed E-state index contributed by atoms with van der Waals surface area (Å²) in [5, 5.41) is 19.0. The van der Waals surface area contributed by atoms with Crippen LogP contribution in [-0.4, -0.2) is 17.0 Å². The number of nitrogens with zero attached hydrogens (tertiary/aromatic N) is 2. The first-order valence-electron chi connectivity index (χ1n) is 11.3. The maximum Gasteiger partial charge on any atom is 0.115 e. The molecule has 0 unspecified atom stereocenters. The number of aromatic hydroxyl groups is 1. The Bertz CT molecular complexity index is 1010. The van der Waals surface area contributed by atoms with Gasteiger partial charge < -0.3 is 5.11 Å². The first-order chi connectivity index (χ1) is 14.6. The lowest BCUT2D eigenvalue weighted by atomic mass is 9.55.